The molecule has 3 heteroatoms. The molecule has 0 aliphatic carbocycles. The summed E-state index contributed by atoms with van der Waals surface area (Å²) in [5.41, 5.74) is 2.42. The van der Waals surface area contributed by atoms with Gasteiger partial charge in [-0.25, -0.2) is 0 Å². The van der Waals surface area contributed by atoms with E-state index in [1.54, 1.807) is 0 Å². The molecule has 0 bridgehead atoms. The first kappa shape index (κ1) is 13.5. The summed E-state index contributed by atoms with van der Waals surface area (Å²) in [6, 6.07) is 4.31. The van der Waals surface area contributed by atoms with Crippen molar-refractivity contribution in [2.75, 3.05) is 26.2 Å². The fraction of sp³-hybridized carbons (Fsp3) is 0.667. The van der Waals surface area contributed by atoms with E-state index in [1.807, 2.05) is 13.1 Å². The van der Waals surface area contributed by atoms with Gasteiger partial charge in [-0.3, -0.25) is 9.88 Å². The second kappa shape index (κ2) is 6.30. The second-order valence-electron chi connectivity index (χ2n) is 5.87. The van der Waals surface area contributed by atoms with E-state index in [4.69, 9.17) is 0 Å². The molecule has 3 nitrogen and oxygen atoms in total. The Hall–Kier alpha value is -0.930. The van der Waals surface area contributed by atoms with E-state index in [9.17, 15) is 0 Å². The van der Waals surface area contributed by atoms with Crippen LogP contribution in [0.15, 0.2) is 18.3 Å². The average Bonchev–Trinajstić information content (AvgIpc) is 2.30. The van der Waals surface area contributed by atoms with Gasteiger partial charge in [-0.2, -0.15) is 0 Å². The summed E-state index contributed by atoms with van der Waals surface area (Å²) in [7, 11) is 0. The summed E-state index contributed by atoms with van der Waals surface area (Å²) in [6.07, 6.45) is 2.02. The summed E-state index contributed by atoms with van der Waals surface area (Å²) in [6.45, 7) is 12.3. The maximum Gasteiger partial charge on any atom is 0.0372 e. The molecule has 1 aromatic rings. The largest absolute Gasteiger partial charge is 0.316 e. The molecule has 2 heterocycles. The highest BCUT2D eigenvalue weighted by Gasteiger charge is 2.17. The van der Waals surface area contributed by atoms with Gasteiger partial charge in [-0.05, 0) is 43.5 Å². The van der Waals surface area contributed by atoms with Crippen LogP contribution < -0.4 is 5.32 Å². The number of pyridine rings is 1. The summed E-state index contributed by atoms with van der Waals surface area (Å²) in [5.74, 6) is 1.44. The minimum atomic E-state index is 0.718. The van der Waals surface area contributed by atoms with Crippen LogP contribution in [0.25, 0.3) is 0 Å². The molecule has 1 aliphatic heterocycles. The summed E-state index contributed by atoms with van der Waals surface area (Å²) in [4.78, 5) is 6.96. The Balaban J connectivity index is 1.98. The maximum absolute atomic E-state index is 4.39. The highest BCUT2D eigenvalue weighted by atomic mass is 15.1. The number of nitrogens with one attached hydrogen (secondary N) is 1. The second-order valence-corrected chi connectivity index (χ2v) is 5.87. The van der Waals surface area contributed by atoms with Crippen molar-refractivity contribution in [2.45, 2.75) is 27.3 Å². The van der Waals surface area contributed by atoms with E-state index in [0.29, 0.717) is 0 Å². The third-order valence-corrected chi connectivity index (χ3v) is 3.50. The Labute approximate surface area is 111 Å². The average molecular weight is 247 g/mol. The minimum absolute atomic E-state index is 0.718. The van der Waals surface area contributed by atoms with Crippen LogP contribution in [0.2, 0.25) is 0 Å². The number of hydrogen-bond acceptors (Lipinski definition) is 3. The molecule has 2 unspecified atom stereocenters. The molecule has 0 saturated carbocycles. The molecule has 1 aliphatic rings. The molecular formula is C15H25N3. The maximum atomic E-state index is 4.39. The van der Waals surface area contributed by atoms with Gasteiger partial charge in [0.05, 0.1) is 0 Å². The predicted octanol–water partition coefficient (Wildman–Crippen LogP) is 2.07. The minimum Gasteiger partial charge on any atom is -0.316 e. The molecule has 18 heavy (non-hydrogen) atoms. The molecule has 1 N–H and O–H groups in total. The van der Waals surface area contributed by atoms with Gasteiger partial charge in [0, 0.05) is 31.5 Å². The number of rotatable bonds is 2. The van der Waals surface area contributed by atoms with Crippen LogP contribution in [0.5, 0.6) is 0 Å². The summed E-state index contributed by atoms with van der Waals surface area (Å²) < 4.78 is 0. The molecule has 0 radical (unpaired) electrons. The number of nitrogens with zero attached hydrogens (tertiary/aromatic N) is 2. The van der Waals surface area contributed by atoms with Crippen molar-refractivity contribution in [1.82, 2.24) is 15.2 Å². The van der Waals surface area contributed by atoms with Gasteiger partial charge in [0.15, 0.2) is 0 Å². The lowest BCUT2D eigenvalue weighted by atomic mass is 10.0. The first-order valence-electron chi connectivity index (χ1n) is 6.98. The molecule has 2 atom stereocenters. The number of aromatic nitrogens is 1. The predicted molar refractivity (Wildman–Crippen MR) is 75.4 cm³/mol. The highest BCUT2D eigenvalue weighted by Crippen LogP contribution is 2.12. The van der Waals surface area contributed by atoms with Crippen molar-refractivity contribution in [3.63, 3.8) is 0 Å². The zero-order chi connectivity index (χ0) is 13.0. The SMILES string of the molecule is Cc1ccc(CN2CC(C)CNCC(C)C2)cn1. The van der Waals surface area contributed by atoms with Crippen LogP contribution in [0.1, 0.15) is 25.1 Å². The van der Waals surface area contributed by atoms with Crippen LogP contribution >= 0.6 is 0 Å². The topological polar surface area (TPSA) is 28.2 Å². The quantitative estimate of drug-likeness (QED) is 0.867. The van der Waals surface area contributed by atoms with E-state index in [0.717, 1.165) is 37.2 Å². The van der Waals surface area contributed by atoms with Crippen LogP contribution in [-0.4, -0.2) is 36.1 Å². The fourth-order valence-electron chi connectivity index (χ4n) is 2.64. The molecule has 1 aromatic heterocycles. The molecule has 0 amide bonds. The van der Waals surface area contributed by atoms with E-state index in [-0.39, 0.29) is 0 Å². The Morgan fingerprint density at radius 1 is 1.22 bits per heavy atom. The van der Waals surface area contributed by atoms with Crippen LogP contribution in [0.4, 0.5) is 0 Å². The number of aryl methyl sites for hydroxylation is 1. The molecule has 0 spiro atoms. The van der Waals surface area contributed by atoms with E-state index >= 15 is 0 Å². The molecule has 100 valence electrons. The Bertz CT molecular complexity index is 349. The highest BCUT2D eigenvalue weighted by molar-refractivity contribution is 5.13. The van der Waals surface area contributed by atoms with Crippen LogP contribution in [-0.2, 0) is 6.54 Å². The molecule has 1 saturated heterocycles. The molecular weight excluding hydrogens is 222 g/mol. The third-order valence-electron chi connectivity index (χ3n) is 3.50. The fourth-order valence-corrected chi connectivity index (χ4v) is 2.64. The first-order chi connectivity index (χ1) is 8.63. The van der Waals surface area contributed by atoms with Crippen molar-refractivity contribution in [1.29, 1.82) is 0 Å². The smallest absolute Gasteiger partial charge is 0.0372 e. The Morgan fingerprint density at radius 3 is 2.44 bits per heavy atom. The van der Waals surface area contributed by atoms with Crippen molar-refractivity contribution < 1.29 is 0 Å². The van der Waals surface area contributed by atoms with Gasteiger partial charge in [0.25, 0.3) is 0 Å². The van der Waals surface area contributed by atoms with E-state index in [1.165, 1.54) is 18.7 Å². The monoisotopic (exact) mass is 247 g/mol. The molecule has 1 fully saturated rings. The van der Waals surface area contributed by atoms with Gasteiger partial charge < -0.3 is 5.32 Å². The van der Waals surface area contributed by atoms with Gasteiger partial charge in [-0.15, -0.1) is 0 Å². The third kappa shape index (κ3) is 4.07. The van der Waals surface area contributed by atoms with E-state index in [2.05, 4.69) is 41.2 Å². The van der Waals surface area contributed by atoms with Gasteiger partial charge in [0.1, 0.15) is 0 Å². The number of hydrogen-bond donors (Lipinski definition) is 1. The lowest BCUT2D eigenvalue weighted by Gasteiger charge is -2.31. The first-order valence-corrected chi connectivity index (χ1v) is 6.98. The Morgan fingerprint density at radius 2 is 1.89 bits per heavy atom. The van der Waals surface area contributed by atoms with Crippen molar-refractivity contribution in [3.05, 3.63) is 29.6 Å². The van der Waals surface area contributed by atoms with Crippen molar-refractivity contribution in [2.24, 2.45) is 11.8 Å². The standard InChI is InChI=1S/C15H25N3/c1-12-6-16-7-13(2)10-18(9-12)11-15-5-4-14(3)17-8-15/h4-5,8,12-13,16H,6-7,9-11H2,1-3H3. The zero-order valence-electron chi connectivity index (χ0n) is 11.8. The lowest BCUT2D eigenvalue weighted by Crippen LogP contribution is -2.42. The zero-order valence-corrected chi connectivity index (χ0v) is 11.8. The Kier molecular flexibility index (Phi) is 4.72. The van der Waals surface area contributed by atoms with Gasteiger partial charge in [-0.1, -0.05) is 19.9 Å². The summed E-state index contributed by atoms with van der Waals surface area (Å²) in [5, 5.41) is 3.54. The normalized spacial score (nSPS) is 26.6. The summed E-state index contributed by atoms with van der Waals surface area (Å²) >= 11 is 0. The van der Waals surface area contributed by atoms with E-state index < -0.39 is 0 Å². The van der Waals surface area contributed by atoms with Crippen LogP contribution in [0, 0.1) is 18.8 Å². The van der Waals surface area contributed by atoms with Crippen LogP contribution in [0.3, 0.4) is 0 Å². The van der Waals surface area contributed by atoms with Gasteiger partial charge >= 0.3 is 0 Å². The molecule has 0 aromatic carbocycles. The van der Waals surface area contributed by atoms with Crippen molar-refractivity contribution >= 4 is 0 Å². The molecule has 2 rings (SSSR count). The lowest BCUT2D eigenvalue weighted by molar-refractivity contribution is 0.178. The van der Waals surface area contributed by atoms with Gasteiger partial charge in [0.2, 0.25) is 0 Å². The van der Waals surface area contributed by atoms with Crippen molar-refractivity contribution in [3.8, 4) is 0 Å².